The molecule has 0 aromatic carbocycles. The molecule has 0 bridgehead atoms. The van der Waals surface area contributed by atoms with Gasteiger partial charge in [-0.25, -0.2) is 0 Å². The van der Waals surface area contributed by atoms with Gasteiger partial charge in [0.2, 0.25) is 5.91 Å². The van der Waals surface area contributed by atoms with Crippen molar-refractivity contribution < 1.29 is 9.53 Å². The number of hydrogen-bond donors (Lipinski definition) is 0. The van der Waals surface area contributed by atoms with Crippen molar-refractivity contribution in [3.8, 4) is 0 Å². The van der Waals surface area contributed by atoms with Gasteiger partial charge in [-0.15, -0.1) is 0 Å². The van der Waals surface area contributed by atoms with Gasteiger partial charge >= 0.3 is 0 Å². The normalized spacial score (nSPS) is 18.7. The molecule has 1 aliphatic rings. The lowest BCUT2D eigenvalue weighted by molar-refractivity contribution is -0.133. The molecule has 0 spiro atoms. The molecular formula is C17H24N4O2S. The first-order valence-corrected chi connectivity index (χ1v) is 9.12. The Kier molecular flexibility index (Phi) is 5.65. The van der Waals surface area contributed by atoms with Crippen molar-refractivity contribution in [3.05, 3.63) is 40.3 Å². The molecule has 24 heavy (non-hydrogen) atoms. The second kappa shape index (κ2) is 7.92. The number of likely N-dealkylation sites (N-methyl/N-ethyl adjacent to an activating group) is 1. The largest absolute Gasteiger partial charge is 0.374 e. The molecule has 0 unspecified atom stereocenters. The summed E-state index contributed by atoms with van der Waals surface area (Å²) in [5, 5.41) is 8.43. The fraction of sp³-hybridized carbons (Fsp3) is 0.529. The van der Waals surface area contributed by atoms with Crippen molar-refractivity contribution in [1.29, 1.82) is 0 Å². The molecule has 130 valence electrons. The number of morpholine rings is 1. The molecule has 0 N–H and O–H groups in total. The second-order valence-electron chi connectivity index (χ2n) is 6.35. The summed E-state index contributed by atoms with van der Waals surface area (Å²) in [5.74, 6) is 0.150. The first kappa shape index (κ1) is 17.1. The van der Waals surface area contributed by atoms with E-state index in [1.165, 1.54) is 5.56 Å². The molecule has 3 rings (SSSR count). The summed E-state index contributed by atoms with van der Waals surface area (Å²) in [5.41, 5.74) is 2.33. The van der Waals surface area contributed by atoms with E-state index in [1.807, 2.05) is 36.4 Å². The molecule has 0 aliphatic carbocycles. The summed E-state index contributed by atoms with van der Waals surface area (Å²) >= 11 is 1.66. The first-order chi connectivity index (χ1) is 11.6. The van der Waals surface area contributed by atoms with Crippen LogP contribution in [0.4, 0.5) is 0 Å². The number of rotatable bonds is 6. The van der Waals surface area contributed by atoms with E-state index in [-0.39, 0.29) is 12.0 Å². The van der Waals surface area contributed by atoms with Gasteiger partial charge in [0.05, 0.1) is 32.0 Å². The zero-order valence-electron chi connectivity index (χ0n) is 14.2. The third kappa shape index (κ3) is 4.66. The maximum Gasteiger partial charge on any atom is 0.236 e. The number of carbonyl (C=O) groups is 1. The van der Waals surface area contributed by atoms with Crippen LogP contribution in [0.3, 0.4) is 0 Å². The van der Waals surface area contributed by atoms with Crippen molar-refractivity contribution in [2.75, 3.05) is 33.3 Å². The number of ether oxygens (including phenoxy) is 1. The van der Waals surface area contributed by atoms with Crippen LogP contribution in [0.5, 0.6) is 0 Å². The van der Waals surface area contributed by atoms with Crippen LogP contribution >= 0.6 is 11.3 Å². The molecule has 2 aromatic rings. The minimum Gasteiger partial charge on any atom is -0.374 e. The average molecular weight is 348 g/mol. The van der Waals surface area contributed by atoms with E-state index in [0.717, 1.165) is 25.2 Å². The molecule has 3 heterocycles. The summed E-state index contributed by atoms with van der Waals surface area (Å²) in [4.78, 5) is 16.4. The number of aryl methyl sites for hydroxylation is 1. The molecule has 7 heteroatoms. The van der Waals surface area contributed by atoms with Crippen LogP contribution in [0.1, 0.15) is 11.1 Å². The Morgan fingerprint density at radius 1 is 1.54 bits per heavy atom. The van der Waals surface area contributed by atoms with Gasteiger partial charge in [-0.05, 0) is 34.9 Å². The van der Waals surface area contributed by atoms with Gasteiger partial charge in [0.15, 0.2) is 0 Å². The topological polar surface area (TPSA) is 50.6 Å². The van der Waals surface area contributed by atoms with Crippen molar-refractivity contribution >= 4 is 17.2 Å². The molecule has 1 aliphatic heterocycles. The Balaban J connectivity index is 1.48. The molecule has 1 atom stereocenters. The highest BCUT2D eigenvalue weighted by Crippen LogP contribution is 2.11. The average Bonchev–Trinajstić information content (AvgIpc) is 3.19. The van der Waals surface area contributed by atoms with Gasteiger partial charge in [-0.1, -0.05) is 0 Å². The predicted octanol–water partition coefficient (Wildman–Crippen LogP) is 1.61. The van der Waals surface area contributed by atoms with Crippen molar-refractivity contribution in [2.24, 2.45) is 0 Å². The molecule has 1 amide bonds. The summed E-state index contributed by atoms with van der Waals surface area (Å²) < 4.78 is 7.73. The van der Waals surface area contributed by atoms with Gasteiger partial charge in [0.1, 0.15) is 0 Å². The van der Waals surface area contributed by atoms with E-state index in [2.05, 4.69) is 21.4 Å². The SMILES string of the molecule is Cc1cnn(C[C@H]2CN(CC(=O)N(C)Cc3ccsc3)CCO2)c1. The molecular weight excluding hydrogens is 324 g/mol. The number of amides is 1. The van der Waals surface area contributed by atoms with Crippen LogP contribution in [0.2, 0.25) is 0 Å². The standard InChI is InChI=1S/C17H24N4O2S/c1-14-7-18-21(8-14)11-16-10-20(4-5-23-16)12-17(22)19(2)9-15-3-6-24-13-15/h3,6-8,13,16H,4-5,9-12H2,1-2H3/t16-/m1/s1. The lowest BCUT2D eigenvalue weighted by Crippen LogP contribution is -2.48. The highest BCUT2D eigenvalue weighted by atomic mass is 32.1. The van der Waals surface area contributed by atoms with Crippen LogP contribution in [0, 0.1) is 6.92 Å². The van der Waals surface area contributed by atoms with Crippen LogP contribution in [-0.2, 0) is 22.6 Å². The third-order valence-corrected chi connectivity index (χ3v) is 4.89. The number of nitrogens with zero attached hydrogens (tertiary/aromatic N) is 4. The van der Waals surface area contributed by atoms with E-state index < -0.39 is 0 Å². The summed E-state index contributed by atoms with van der Waals surface area (Å²) in [6, 6.07) is 2.06. The molecule has 1 fully saturated rings. The van der Waals surface area contributed by atoms with E-state index in [0.29, 0.717) is 19.7 Å². The molecule has 0 saturated carbocycles. The molecule has 2 aromatic heterocycles. The highest BCUT2D eigenvalue weighted by molar-refractivity contribution is 7.07. The Bertz CT molecular complexity index is 655. The number of carbonyl (C=O) groups excluding carboxylic acids is 1. The Morgan fingerprint density at radius 2 is 2.42 bits per heavy atom. The predicted molar refractivity (Wildman–Crippen MR) is 93.9 cm³/mol. The minimum absolute atomic E-state index is 0.0769. The van der Waals surface area contributed by atoms with Crippen molar-refractivity contribution in [3.63, 3.8) is 0 Å². The van der Waals surface area contributed by atoms with Gasteiger partial charge in [-0.2, -0.15) is 16.4 Å². The lowest BCUT2D eigenvalue weighted by Gasteiger charge is -2.33. The number of aromatic nitrogens is 2. The van der Waals surface area contributed by atoms with E-state index in [4.69, 9.17) is 4.74 Å². The summed E-state index contributed by atoms with van der Waals surface area (Å²) in [6.45, 7) is 6.08. The van der Waals surface area contributed by atoms with Crippen LogP contribution in [0.25, 0.3) is 0 Å². The van der Waals surface area contributed by atoms with Crippen LogP contribution in [-0.4, -0.2) is 64.9 Å². The molecule has 6 nitrogen and oxygen atoms in total. The Labute approximate surface area is 146 Å². The maximum atomic E-state index is 12.4. The van der Waals surface area contributed by atoms with Crippen LogP contribution in [0.15, 0.2) is 29.2 Å². The molecule has 0 radical (unpaired) electrons. The lowest BCUT2D eigenvalue weighted by atomic mass is 10.2. The fourth-order valence-corrected chi connectivity index (χ4v) is 3.53. The zero-order chi connectivity index (χ0) is 16.9. The van der Waals surface area contributed by atoms with Crippen molar-refractivity contribution in [2.45, 2.75) is 26.1 Å². The third-order valence-electron chi connectivity index (χ3n) is 4.16. The minimum atomic E-state index is 0.0769. The summed E-state index contributed by atoms with van der Waals surface area (Å²) in [6.07, 6.45) is 3.94. The zero-order valence-corrected chi connectivity index (χ0v) is 15.0. The number of hydrogen-bond acceptors (Lipinski definition) is 5. The first-order valence-electron chi connectivity index (χ1n) is 8.18. The van der Waals surface area contributed by atoms with E-state index in [1.54, 1.807) is 16.2 Å². The van der Waals surface area contributed by atoms with Gasteiger partial charge in [0, 0.05) is 32.9 Å². The monoisotopic (exact) mass is 348 g/mol. The molecule has 1 saturated heterocycles. The fourth-order valence-electron chi connectivity index (χ4n) is 2.87. The summed E-state index contributed by atoms with van der Waals surface area (Å²) in [7, 11) is 1.87. The Hall–Kier alpha value is -1.70. The van der Waals surface area contributed by atoms with Gasteiger partial charge in [-0.3, -0.25) is 14.4 Å². The smallest absolute Gasteiger partial charge is 0.236 e. The highest BCUT2D eigenvalue weighted by Gasteiger charge is 2.23. The maximum absolute atomic E-state index is 12.4. The second-order valence-corrected chi connectivity index (χ2v) is 7.13. The Morgan fingerprint density at radius 3 is 3.12 bits per heavy atom. The van der Waals surface area contributed by atoms with E-state index in [9.17, 15) is 4.79 Å². The van der Waals surface area contributed by atoms with E-state index >= 15 is 0 Å². The quantitative estimate of drug-likeness (QED) is 0.796. The van der Waals surface area contributed by atoms with Crippen LogP contribution < -0.4 is 0 Å². The number of thiophene rings is 1. The van der Waals surface area contributed by atoms with Crippen molar-refractivity contribution in [1.82, 2.24) is 19.6 Å². The van der Waals surface area contributed by atoms with Gasteiger partial charge < -0.3 is 9.64 Å². The van der Waals surface area contributed by atoms with Gasteiger partial charge in [0.25, 0.3) is 0 Å².